The molecule has 4 aromatic rings. The summed E-state index contributed by atoms with van der Waals surface area (Å²) in [6, 6.07) is 5.75. The molecule has 1 aliphatic rings. The number of sulfone groups is 1. The second-order valence-corrected chi connectivity index (χ2v) is 11.8. The second-order valence-electron chi connectivity index (χ2n) is 7.40. The molecule has 14 heteroatoms. The van der Waals surface area contributed by atoms with E-state index in [0.29, 0.717) is 5.01 Å². The normalized spacial score (nSPS) is 16.6. The van der Waals surface area contributed by atoms with Crippen LogP contribution >= 0.6 is 23.1 Å². The fourth-order valence-electron chi connectivity index (χ4n) is 3.33. The Kier molecular flexibility index (Phi) is 5.50. The quantitative estimate of drug-likeness (QED) is 0.396. The van der Waals surface area contributed by atoms with Crippen molar-refractivity contribution in [2.75, 3.05) is 0 Å². The third-order valence-electron chi connectivity index (χ3n) is 4.79. The van der Waals surface area contributed by atoms with E-state index in [2.05, 4.69) is 25.6 Å². The van der Waals surface area contributed by atoms with Gasteiger partial charge in [-0.1, -0.05) is 17.8 Å². The number of carbonyl (C=O) groups excluding carboxylic acids is 2. The molecule has 1 atom stereocenters. The topological polar surface area (TPSA) is 150 Å². The number of aryl methyl sites for hydroxylation is 1. The highest BCUT2D eigenvalue weighted by atomic mass is 32.2. The van der Waals surface area contributed by atoms with Gasteiger partial charge >= 0.3 is 0 Å². The third-order valence-corrected chi connectivity index (χ3v) is 8.38. The van der Waals surface area contributed by atoms with E-state index in [9.17, 15) is 18.0 Å². The molecular formula is C19H16N6O5S3. The zero-order chi connectivity index (χ0) is 23.2. The van der Waals surface area contributed by atoms with Gasteiger partial charge in [-0.2, -0.15) is 5.10 Å². The van der Waals surface area contributed by atoms with Gasteiger partial charge in [0, 0.05) is 25.2 Å². The lowest BCUT2D eigenvalue weighted by molar-refractivity contribution is -0.119. The van der Waals surface area contributed by atoms with Crippen LogP contribution in [0.2, 0.25) is 0 Å². The number of carbonyl (C=O) groups is 2. The van der Waals surface area contributed by atoms with Crippen molar-refractivity contribution < 1.29 is 22.4 Å². The Bertz CT molecular complexity index is 1490. The summed E-state index contributed by atoms with van der Waals surface area (Å²) in [5, 5.41) is 13.3. The van der Waals surface area contributed by atoms with Crippen molar-refractivity contribution in [3.63, 3.8) is 0 Å². The van der Waals surface area contributed by atoms with E-state index in [-0.39, 0.29) is 24.0 Å². The van der Waals surface area contributed by atoms with E-state index in [1.807, 2.05) is 31.4 Å². The molecule has 4 heterocycles. The van der Waals surface area contributed by atoms with E-state index in [1.165, 1.54) is 11.3 Å². The smallest absolute Gasteiger partial charge is 0.286 e. The summed E-state index contributed by atoms with van der Waals surface area (Å²) in [6.07, 6.45) is 3.72. The SMILES string of the molecule is Cn1cc(-c2ccc3nc(CS(=O)(=O)Cc4nnc(CC5SC(=O)NC5=O)o4)sc3c2)cn1. The molecule has 11 nitrogen and oxygen atoms in total. The van der Waals surface area contributed by atoms with Gasteiger partial charge in [-0.3, -0.25) is 19.6 Å². The molecule has 1 fully saturated rings. The number of aromatic nitrogens is 5. The standard InChI is InChI=1S/C19H16N6O5S3/c1-25-7-11(6-20-25)10-2-3-12-13(4-10)31-17(21-12)9-33(28,29)8-16-24-23-15(30-16)5-14-18(26)22-19(27)32-14/h2-4,6-7,14H,5,8-9H2,1H3,(H,22,26,27). The molecule has 5 rings (SSSR count). The van der Waals surface area contributed by atoms with Gasteiger partial charge in [-0.25, -0.2) is 13.4 Å². The summed E-state index contributed by atoms with van der Waals surface area (Å²) in [6.45, 7) is 0. The molecule has 0 bridgehead atoms. The summed E-state index contributed by atoms with van der Waals surface area (Å²) >= 11 is 2.15. The Hall–Kier alpha value is -3.10. The van der Waals surface area contributed by atoms with Crippen LogP contribution in [-0.2, 0) is 39.6 Å². The molecule has 1 unspecified atom stereocenters. The number of hydrogen-bond acceptors (Lipinski definition) is 11. The number of amides is 2. The fourth-order valence-corrected chi connectivity index (χ4v) is 6.75. The molecule has 1 aromatic carbocycles. The molecule has 0 aliphatic carbocycles. The molecule has 1 saturated heterocycles. The number of nitrogens with zero attached hydrogens (tertiary/aromatic N) is 5. The van der Waals surface area contributed by atoms with Gasteiger partial charge in [0.2, 0.25) is 17.7 Å². The highest BCUT2D eigenvalue weighted by molar-refractivity contribution is 8.15. The lowest BCUT2D eigenvalue weighted by Gasteiger charge is -2.00. The lowest BCUT2D eigenvalue weighted by atomic mass is 10.1. The number of hydrogen-bond donors (Lipinski definition) is 1. The van der Waals surface area contributed by atoms with E-state index in [0.717, 1.165) is 33.1 Å². The summed E-state index contributed by atoms with van der Waals surface area (Å²) in [7, 11) is -1.79. The summed E-state index contributed by atoms with van der Waals surface area (Å²) in [4.78, 5) is 27.4. The summed E-state index contributed by atoms with van der Waals surface area (Å²) in [5.74, 6) is -1.10. The van der Waals surface area contributed by atoms with Gasteiger partial charge in [0.25, 0.3) is 5.24 Å². The van der Waals surface area contributed by atoms with Gasteiger partial charge < -0.3 is 4.42 Å². The molecule has 0 radical (unpaired) electrons. The molecular weight excluding hydrogens is 488 g/mol. The van der Waals surface area contributed by atoms with Crippen LogP contribution in [-0.4, -0.2) is 49.8 Å². The Labute approximate surface area is 195 Å². The Morgan fingerprint density at radius 1 is 1.15 bits per heavy atom. The number of imide groups is 1. The van der Waals surface area contributed by atoms with Crippen LogP contribution in [0.25, 0.3) is 21.3 Å². The third kappa shape index (κ3) is 4.82. The largest absolute Gasteiger partial charge is 0.424 e. The average molecular weight is 505 g/mol. The molecule has 1 N–H and O–H groups in total. The van der Waals surface area contributed by atoms with Crippen molar-refractivity contribution in [3.05, 3.63) is 47.4 Å². The second kappa shape index (κ2) is 8.35. The van der Waals surface area contributed by atoms with E-state index >= 15 is 0 Å². The Morgan fingerprint density at radius 2 is 1.97 bits per heavy atom. The van der Waals surface area contributed by atoms with Crippen molar-refractivity contribution in [1.82, 2.24) is 30.3 Å². The number of nitrogens with one attached hydrogen (secondary N) is 1. The Morgan fingerprint density at radius 3 is 2.70 bits per heavy atom. The van der Waals surface area contributed by atoms with Crippen LogP contribution in [0.3, 0.4) is 0 Å². The van der Waals surface area contributed by atoms with Gasteiger partial charge in [-0.15, -0.1) is 21.5 Å². The first kappa shape index (κ1) is 21.7. The maximum atomic E-state index is 12.7. The first-order valence-electron chi connectivity index (χ1n) is 9.66. The minimum Gasteiger partial charge on any atom is -0.424 e. The number of thioether (sulfide) groups is 1. The zero-order valence-electron chi connectivity index (χ0n) is 17.1. The van der Waals surface area contributed by atoms with E-state index in [4.69, 9.17) is 4.42 Å². The van der Waals surface area contributed by atoms with Crippen molar-refractivity contribution in [2.24, 2.45) is 7.05 Å². The van der Waals surface area contributed by atoms with E-state index in [1.54, 1.807) is 10.9 Å². The number of thiazole rings is 1. The molecule has 170 valence electrons. The van der Waals surface area contributed by atoms with Crippen LogP contribution in [0, 0.1) is 0 Å². The Balaban J connectivity index is 1.27. The van der Waals surface area contributed by atoms with Gasteiger partial charge in [-0.05, 0) is 17.7 Å². The molecule has 2 amide bonds. The van der Waals surface area contributed by atoms with Crippen molar-refractivity contribution in [1.29, 1.82) is 0 Å². The highest BCUT2D eigenvalue weighted by Gasteiger charge is 2.33. The first-order chi connectivity index (χ1) is 15.7. The van der Waals surface area contributed by atoms with Crippen molar-refractivity contribution in [3.8, 4) is 11.1 Å². The van der Waals surface area contributed by atoms with Crippen molar-refractivity contribution >= 4 is 54.3 Å². The molecule has 0 saturated carbocycles. The lowest BCUT2D eigenvalue weighted by Crippen LogP contribution is -2.25. The van der Waals surface area contributed by atoms with Crippen LogP contribution < -0.4 is 5.32 Å². The van der Waals surface area contributed by atoms with Crippen LogP contribution in [0.4, 0.5) is 4.79 Å². The highest BCUT2D eigenvalue weighted by Crippen LogP contribution is 2.29. The molecule has 1 aliphatic heterocycles. The van der Waals surface area contributed by atoms with Gasteiger partial charge in [0.05, 0.1) is 16.4 Å². The maximum Gasteiger partial charge on any atom is 0.286 e. The predicted octanol–water partition coefficient (Wildman–Crippen LogP) is 2.09. The fraction of sp³-hybridized carbons (Fsp3) is 0.263. The molecule has 0 spiro atoms. The monoisotopic (exact) mass is 504 g/mol. The molecule has 3 aromatic heterocycles. The van der Waals surface area contributed by atoms with Crippen LogP contribution in [0.15, 0.2) is 35.0 Å². The number of benzene rings is 1. The first-order valence-corrected chi connectivity index (χ1v) is 13.2. The van der Waals surface area contributed by atoms with Crippen LogP contribution in [0.5, 0.6) is 0 Å². The minimum absolute atomic E-state index is 0.0480. The average Bonchev–Trinajstić information content (AvgIpc) is 3.50. The summed E-state index contributed by atoms with van der Waals surface area (Å²) < 4.78 is 33.4. The van der Waals surface area contributed by atoms with Gasteiger partial charge in [0.15, 0.2) is 9.84 Å². The van der Waals surface area contributed by atoms with E-state index < -0.39 is 32.0 Å². The van der Waals surface area contributed by atoms with Crippen molar-refractivity contribution in [2.45, 2.75) is 23.2 Å². The van der Waals surface area contributed by atoms with Gasteiger partial charge in [0.1, 0.15) is 21.8 Å². The maximum absolute atomic E-state index is 12.7. The van der Waals surface area contributed by atoms with Crippen LogP contribution in [0.1, 0.15) is 16.8 Å². The number of fused-ring (bicyclic) bond motifs is 1. The predicted molar refractivity (Wildman–Crippen MR) is 121 cm³/mol. The number of rotatable bonds is 7. The zero-order valence-corrected chi connectivity index (χ0v) is 19.5. The molecule has 33 heavy (non-hydrogen) atoms. The minimum atomic E-state index is -3.63. The summed E-state index contributed by atoms with van der Waals surface area (Å²) in [5.41, 5.74) is 2.66.